The van der Waals surface area contributed by atoms with E-state index in [0.29, 0.717) is 25.1 Å². The molecular weight excluding hydrogens is 244 g/mol. The highest BCUT2D eigenvalue weighted by Crippen LogP contribution is 2.23. The fourth-order valence-corrected chi connectivity index (χ4v) is 2.58. The van der Waals surface area contributed by atoms with E-state index in [0.717, 1.165) is 10.9 Å². The summed E-state index contributed by atoms with van der Waals surface area (Å²) in [6.45, 7) is 0.804. The largest absolute Gasteiger partial charge is 0.481 e. The summed E-state index contributed by atoms with van der Waals surface area (Å²) in [6, 6.07) is 7.46. The summed E-state index contributed by atoms with van der Waals surface area (Å²) in [6.07, 6.45) is 2.33. The van der Waals surface area contributed by atoms with Crippen LogP contribution in [0.25, 0.3) is 10.9 Å². The lowest BCUT2D eigenvalue weighted by molar-refractivity contribution is -0.141. The minimum absolute atomic E-state index is 0.100. The number of nitrogens with one attached hydrogen (secondary N) is 1. The van der Waals surface area contributed by atoms with Crippen molar-refractivity contribution in [3.63, 3.8) is 0 Å². The van der Waals surface area contributed by atoms with Gasteiger partial charge in [0.05, 0.1) is 17.0 Å². The minimum Gasteiger partial charge on any atom is -0.481 e. The van der Waals surface area contributed by atoms with Gasteiger partial charge < -0.3 is 15.0 Å². The SMILES string of the molecule is O=C(O)C1CCN(C(=O)c2cccc3cc[nH]c23)C1. The van der Waals surface area contributed by atoms with Gasteiger partial charge >= 0.3 is 5.97 Å². The molecule has 1 saturated heterocycles. The van der Waals surface area contributed by atoms with Crippen molar-refractivity contribution in [1.29, 1.82) is 0 Å². The second-order valence-corrected chi connectivity index (χ2v) is 4.82. The Morgan fingerprint density at radius 3 is 2.89 bits per heavy atom. The van der Waals surface area contributed by atoms with Gasteiger partial charge in [0.2, 0.25) is 0 Å². The molecule has 2 N–H and O–H groups in total. The van der Waals surface area contributed by atoms with Gasteiger partial charge in [0.1, 0.15) is 0 Å². The van der Waals surface area contributed by atoms with Crippen molar-refractivity contribution in [2.45, 2.75) is 6.42 Å². The molecule has 1 amide bonds. The van der Waals surface area contributed by atoms with Crippen LogP contribution in [0.2, 0.25) is 0 Å². The number of amides is 1. The average Bonchev–Trinajstić information content (AvgIpc) is 3.06. The lowest BCUT2D eigenvalue weighted by atomic mass is 10.1. The van der Waals surface area contributed by atoms with E-state index < -0.39 is 11.9 Å². The lowest BCUT2D eigenvalue weighted by Gasteiger charge is -2.16. The van der Waals surface area contributed by atoms with Crippen molar-refractivity contribution < 1.29 is 14.7 Å². The number of likely N-dealkylation sites (tertiary alicyclic amines) is 1. The third kappa shape index (κ3) is 1.97. The number of para-hydroxylation sites is 1. The number of benzene rings is 1. The number of aromatic nitrogens is 1. The number of H-pyrrole nitrogens is 1. The molecule has 2 aromatic rings. The number of carbonyl (C=O) groups excluding carboxylic acids is 1. The number of carbonyl (C=O) groups is 2. The molecule has 5 nitrogen and oxygen atoms in total. The first-order chi connectivity index (χ1) is 9.16. The van der Waals surface area contributed by atoms with Crippen LogP contribution in [-0.4, -0.2) is 40.0 Å². The first kappa shape index (κ1) is 11.8. The van der Waals surface area contributed by atoms with Crippen molar-refractivity contribution in [3.05, 3.63) is 36.0 Å². The summed E-state index contributed by atoms with van der Waals surface area (Å²) in [5.41, 5.74) is 1.42. The number of hydrogen-bond donors (Lipinski definition) is 2. The lowest BCUT2D eigenvalue weighted by Crippen LogP contribution is -2.30. The van der Waals surface area contributed by atoms with Crippen molar-refractivity contribution in [1.82, 2.24) is 9.88 Å². The highest BCUT2D eigenvalue weighted by molar-refractivity contribution is 6.05. The molecule has 1 aromatic carbocycles. The van der Waals surface area contributed by atoms with Crippen LogP contribution in [0.3, 0.4) is 0 Å². The van der Waals surface area contributed by atoms with E-state index in [1.807, 2.05) is 18.2 Å². The Kier molecular flexibility index (Phi) is 2.74. The molecule has 3 rings (SSSR count). The Balaban J connectivity index is 1.89. The predicted molar refractivity (Wildman–Crippen MR) is 69.9 cm³/mol. The molecule has 0 saturated carbocycles. The van der Waals surface area contributed by atoms with Gasteiger partial charge in [-0.05, 0) is 18.6 Å². The van der Waals surface area contributed by atoms with Crippen LogP contribution in [-0.2, 0) is 4.79 Å². The van der Waals surface area contributed by atoms with Crippen molar-refractivity contribution >= 4 is 22.8 Å². The molecule has 2 heterocycles. The van der Waals surface area contributed by atoms with E-state index in [1.165, 1.54) is 0 Å². The number of aliphatic carboxylic acids is 1. The van der Waals surface area contributed by atoms with E-state index in [2.05, 4.69) is 4.98 Å². The number of fused-ring (bicyclic) bond motifs is 1. The van der Waals surface area contributed by atoms with Gasteiger partial charge in [-0.1, -0.05) is 12.1 Å². The topological polar surface area (TPSA) is 73.4 Å². The first-order valence-electron chi connectivity index (χ1n) is 6.25. The fraction of sp³-hybridized carbons (Fsp3) is 0.286. The van der Waals surface area contributed by atoms with Crippen LogP contribution in [0.15, 0.2) is 30.5 Å². The quantitative estimate of drug-likeness (QED) is 0.861. The molecular formula is C14H14N2O3. The maximum Gasteiger partial charge on any atom is 0.308 e. The number of carboxylic acid groups (broad SMARTS) is 1. The molecule has 1 unspecified atom stereocenters. The number of carboxylic acids is 1. The number of aromatic amines is 1. The van der Waals surface area contributed by atoms with Crippen LogP contribution in [0.5, 0.6) is 0 Å². The van der Waals surface area contributed by atoms with Gasteiger partial charge in [-0.2, -0.15) is 0 Å². The van der Waals surface area contributed by atoms with Crippen molar-refractivity contribution in [2.24, 2.45) is 5.92 Å². The normalized spacial score (nSPS) is 18.9. The highest BCUT2D eigenvalue weighted by atomic mass is 16.4. The Morgan fingerprint density at radius 2 is 2.16 bits per heavy atom. The second-order valence-electron chi connectivity index (χ2n) is 4.82. The molecule has 1 aromatic heterocycles. The van der Waals surface area contributed by atoms with Crippen LogP contribution in [0, 0.1) is 5.92 Å². The molecule has 1 atom stereocenters. The monoisotopic (exact) mass is 258 g/mol. The molecule has 19 heavy (non-hydrogen) atoms. The molecule has 0 spiro atoms. The summed E-state index contributed by atoms with van der Waals surface area (Å²) in [7, 11) is 0. The van der Waals surface area contributed by atoms with Gasteiger partial charge in [-0.3, -0.25) is 9.59 Å². The zero-order valence-corrected chi connectivity index (χ0v) is 10.3. The summed E-state index contributed by atoms with van der Waals surface area (Å²) < 4.78 is 0. The van der Waals surface area contributed by atoms with E-state index in [1.54, 1.807) is 17.2 Å². The van der Waals surface area contributed by atoms with Crippen molar-refractivity contribution in [3.8, 4) is 0 Å². The molecule has 5 heteroatoms. The number of hydrogen-bond acceptors (Lipinski definition) is 2. The van der Waals surface area contributed by atoms with Gasteiger partial charge in [0.15, 0.2) is 0 Å². The van der Waals surface area contributed by atoms with Crippen molar-refractivity contribution in [2.75, 3.05) is 13.1 Å². The second kappa shape index (κ2) is 4.42. The van der Waals surface area contributed by atoms with E-state index in [-0.39, 0.29) is 5.91 Å². The van der Waals surface area contributed by atoms with Crippen LogP contribution in [0.4, 0.5) is 0 Å². The maximum absolute atomic E-state index is 12.4. The summed E-state index contributed by atoms with van der Waals surface area (Å²) in [5, 5.41) is 9.96. The molecule has 98 valence electrons. The fourth-order valence-electron chi connectivity index (χ4n) is 2.58. The molecule has 1 aliphatic rings. The Bertz CT molecular complexity index is 647. The highest BCUT2D eigenvalue weighted by Gasteiger charge is 2.31. The number of rotatable bonds is 2. The molecule has 1 aliphatic heterocycles. The third-order valence-corrected chi connectivity index (χ3v) is 3.64. The third-order valence-electron chi connectivity index (χ3n) is 3.64. The standard InChI is InChI=1S/C14H14N2O3/c17-13(16-7-5-10(8-16)14(18)19)11-3-1-2-9-4-6-15-12(9)11/h1-4,6,10,15H,5,7-8H2,(H,18,19). The Labute approximate surface area is 109 Å². The molecule has 1 fully saturated rings. The zero-order valence-electron chi connectivity index (χ0n) is 10.3. The summed E-state index contributed by atoms with van der Waals surface area (Å²) in [4.78, 5) is 28.1. The van der Waals surface area contributed by atoms with E-state index in [9.17, 15) is 9.59 Å². The molecule has 0 radical (unpaired) electrons. The summed E-state index contributed by atoms with van der Waals surface area (Å²) >= 11 is 0. The van der Waals surface area contributed by atoms with Gasteiger partial charge in [0, 0.05) is 24.7 Å². The molecule has 0 aliphatic carbocycles. The number of nitrogens with zero attached hydrogens (tertiary/aromatic N) is 1. The van der Waals surface area contributed by atoms with Crippen LogP contribution in [0.1, 0.15) is 16.8 Å². The zero-order chi connectivity index (χ0) is 13.4. The van der Waals surface area contributed by atoms with Gasteiger partial charge in [-0.15, -0.1) is 0 Å². The van der Waals surface area contributed by atoms with Gasteiger partial charge in [0.25, 0.3) is 5.91 Å². The maximum atomic E-state index is 12.4. The van der Waals surface area contributed by atoms with Crippen LogP contribution >= 0.6 is 0 Å². The van der Waals surface area contributed by atoms with E-state index in [4.69, 9.17) is 5.11 Å². The summed E-state index contributed by atoms with van der Waals surface area (Å²) in [5.74, 6) is -1.36. The van der Waals surface area contributed by atoms with Gasteiger partial charge in [-0.25, -0.2) is 0 Å². The average molecular weight is 258 g/mol. The minimum atomic E-state index is -0.826. The Hall–Kier alpha value is -2.30. The smallest absolute Gasteiger partial charge is 0.308 e. The van der Waals surface area contributed by atoms with Crippen LogP contribution < -0.4 is 0 Å². The molecule has 0 bridgehead atoms. The first-order valence-corrected chi connectivity index (χ1v) is 6.25. The Morgan fingerprint density at radius 1 is 1.32 bits per heavy atom. The predicted octanol–water partition coefficient (Wildman–Crippen LogP) is 1.71. The van der Waals surface area contributed by atoms with E-state index >= 15 is 0 Å².